The number of carbonyl (C=O) groups is 1. The maximum Gasteiger partial charge on any atom is 0.157 e. The maximum absolute atomic E-state index is 12.0. The molecule has 1 aromatic rings. The van der Waals surface area contributed by atoms with Crippen LogP contribution in [0.1, 0.15) is 96.9 Å². The van der Waals surface area contributed by atoms with Crippen LogP contribution < -0.4 is 0 Å². The first kappa shape index (κ1) is 18.9. The molecule has 0 aliphatic heterocycles. The number of aromatic nitrogens is 3. The van der Waals surface area contributed by atoms with Crippen LogP contribution in [0.2, 0.25) is 0 Å². The van der Waals surface area contributed by atoms with Gasteiger partial charge < -0.3 is 0 Å². The molecule has 0 radical (unpaired) electrons. The molecule has 1 heterocycles. The van der Waals surface area contributed by atoms with Gasteiger partial charge in [0, 0.05) is 6.42 Å². The van der Waals surface area contributed by atoms with Crippen molar-refractivity contribution in [3.05, 3.63) is 12.7 Å². The molecule has 0 N–H and O–H groups in total. The highest BCUT2D eigenvalue weighted by Gasteiger charge is 2.14. The number of nitrogens with zero attached hydrogens (tertiary/aromatic N) is 3. The van der Waals surface area contributed by atoms with E-state index in [0.717, 1.165) is 6.42 Å². The van der Waals surface area contributed by atoms with Crippen LogP contribution in [0.25, 0.3) is 0 Å². The molecule has 0 saturated carbocycles. The molecule has 126 valence electrons. The molecule has 0 aliphatic rings. The monoisotopic (exact) mass is 307 g/mol. The minimum Gasteiger partial charge on any atom is -0.297 e. The third-order valence-electron chi connectivity index (χ3n) is 4.33. The molecule has 0 saturated heterocycles. The molecule has 0 amide bonds. The summed E-state index contributed by atoms with van der Waals surface area (Å²) in [7, 11) is 0. The predicted octanol–water partition coefficient (Wildman–Crippen LogP) is 5.11. The molecule has 1 aromatic heterocycles. The third-order valence-corrected chi connectivity index (χ3v) is 4.33. The first-order valence-corrected chi connectivity index (χ1v) is 9.12. The minimum absolute atomic E-state index is 0.175. The van der Waals surface area contributed by atoms with E-state index in [1.54, 1.807) is 11.0 Å². The Kier molecular flexibility index (Phi) is 10.6. The Labute approximate surface area is 135 Å². The number of ketones is 1. The number of hydrogen-bond donors (Lipinski definition) is 0. The largest absolute Gasteiger partial charge is 0.297 e. The second-order valence-corrected chi connectivity index (χ2v) is 6.30. The topological polar surface area (TPSA) is 47.8 Å². The van der Waals surface area contributed by atoms with Crippen LogP contribution in [0.3, 0.4) is 0 Å². The SMILES string of the molecule is CCCCCCCCCCCCCC(=O)C(C)n1cncn1. The first-order chi connectivity index (χ1) is 10.8. The van der Waals surface area contributed by atoms with Gasteiger partial charge in [-0.1, -0.05) is 71.1 Å². The quantitative estimate of drug-likeness (QED) is 0.449. The zero-order chi connectivity index (χ0) is 16.0. The Bertz CT molecular complexity index is 376. The number of carbonyl (C=O) groups excluding carboxylic acids is 1. The smallest absolute Gasteiger partial charge is 0.157 e. The zero-order valence-electron chi connectivity index (χ0n) is 14.5. The van der Waals surface area contributed by atoms with Crippen LogP contribution in [0.5, 0.6) is 0 Å². The lowest BCUT2D eigenvalue weighted by Crippen LogP contribution is -2.16. The lowest BCUT2D eigenvalue weighted by molar-refractivity contribution is -0.122. The Balaban J connectivity index is 1.90. The molecule has 1 atom stereocenters. The summed E-state index contributed by atoms with van der Waals surface area (Å²) in [6, 6.07) is -0.175. The highest BCUT2D eigenvalue weighted by atomic mass is 16.1. The molecule has 0 aromatic carbocycles. The summed E-state index contributed by atoms with van der Waals surface area (Å²) in [5.41, 5.74) is 0. The molecule has 4 heteroatoms. The highest BCUT2D eigenvalue weighted by Crippen LogP contribution is 2.14. The summed E-state index contributed by atoms with van der Waals surface area (Å²) in [4.78, 5) is 15.9. The summed E-state index contributed by atoms with van der Waals surface area (Å²) in [6.07, 6.45) is 18.2. The van der Waals surface area contributed by atoms with E-state index in [1.165, 1.54) is 70.5 Å². The fourth-order valence-electron chi connectivity index (χ4n) is 2.74. The molecule has 22 heavy (non-hydrogen) atoms. The third kappa shape index (κ3) is 8.30. The number of hydrogen-bond acceptors (Lipinski definition) is 3. The van der Waals surface area contributed by atoms with Crippen molar-refractivity contribution in [3.63, 3.8) is 0 Å². The molecule has 0 bridgehead atoms. The molecular weight excluding hydrogens is 274 g/mol. The van der Waals surface area contributed by atoms with E-state index >= 15 is 0 Å². The summed E-state index contributed by atoms with van der Waals surface area (Å²) in [6.45, 7) is 4.16. The van der Waals surface area contributed by atoms with Crippen LogP contribution in [-0.4, -0.2) is 20.5 Å². The molecule has 4 nitrogen and oxygen atoms in total. The van der Waals surface area contributed by atoms with Crippen molar-refractivity contribution in [1.82, 2.24) is 14.8 Å². The fourth-order valence-corrected chi connectivity index (χ4v) is 2.74. The highest BCUT2D eigenvalue weighted by molar-refractivity contribution is 5.81. The van der Waals surface area contributed by atoms with Gasteiger partial charge in [-0.05, 0) is 13.3 Å². The molecule has 0 fully saturated rings. The van der Waals surface area contributed by atoms with Gasteiger partial charge in [0.25, 0.3) is 0 Å². The van der Waals surface area contributed by atoms with Gasteiger partial charge in [-0.25, -0.2) is 9.67 Å². The van der Waals surface area contributed by atoms with Gasteiger partial charge in [-0.2, -0.15) is 5.10 Å². The van der Waals surface area contributed by atoms with E-state index in [0.29, 0.717) is 6.42 Å². The van der Waals surface area contributed by atoms with E-state index in [1.807, 2.05) is 6.92 Å². The Morgan fingerprint density at radius 1 is 0.955 bits per heavy atom. The summed E-state index contributed by atoms with van der Waals surface area (Å²) in [5.74, 6) is 0.265. The standard InChI is InChI=1S/C18H33N3O/c1-3-4-5-6-7-8-9-10-11-12-13-14-18(22)17(2)21-16-19-15-20-21/h15-17H,3-14H2,1-2H3. The van der Waals surface area contributed by atoms with Crippen molar-refractivity contribution in [2.24, 2.45) is 0 Å². The number of Topliss-reactive ketones (excluding diaryl/α,β-unsaturated/α-hetero) is 1. The summed E-state index contributed by atoms with van der Waals surface area (Å²) < 4.78 is 1.64. The number of unbranched alkanes of at least 4 members (excludes halogenated alkanes) is 10. The first-order valence-electron chi connectivity index (χ1n) is 9.12. The normalized spacial score (nSPS) is 12.5. The average molecular weight is 307 g/mol. The van der Waals surface area contributed by atoms with Crippen LogP contribution in [0.15, 0.2) is 12.7 Å². The van der Waals surface area contributed by atoms with Crippen molar-refractivity contribution >= 4 is 5.78 Å². The van der Waals surface area contributed by atoms with Crippen molar-refractivity contribution in [2.45, 2.75) is 96.9 Å². The second-order valence-electron chi connectivity index (χ2n) is 6.30. The predicted molar refractivity (Wildman–Crippen MR) is 90.8 cm³/mol. The molecule has 1 unspecified atom stereocenters. The molecular formula is C18H33N3O. The van der Waals surface area contributed by atoms with Crippen molar-refractivity contribution in [2.75, 3.05) is 0 Å². The zero-order valence-corrected chi connectivity index (χ0v) is 14.5. The average Bonchev–Trinajstić information content (AvgIpc) is 3.06. The van der Waals surface area contributed by atoms with E-state index in [2.05, 4.69) is 17.0 Å². The minimum atomic E-state index is -0.175. The molecule has 0 spiro atoms. The Morgan fingerprint density at radius 3 is 2.00 bits per heavy atom. The van der Waals surface area contributed by atoms with E-state index < -0.39 is 0 Å². The lowest BCUT2D eigenvalue weighted by Gasteiger charge is -2.09. The Hall–Kier alpha value is -1.19. The van der Waals surface area contributed by atoms with Gasteiger partial charge in [0.2, 0.25) is 0 Å². The van der Waals surface area contributed by atoms with Crippen LogP contribution in [0, 0.1) is 0 Å². The van der Waals surface area contributed by atoms with Crippen molar-refractivity contribution in [3.8, 4) is 0 Å². The second kappa shape index (κ2) is 12.4. The van der Waals surface area contributed by atoms with Crippen LogP contribution in [-0.2, 0) is 4.79 Å². The van der Waals surface area contributed by atoms with Crippen LogP contribution >= 0.6 is 0 Å². The van der Waals surface area contributed by atoms with Crippen molar-refractivity contribution in [1.29, 1.82) is 0 Å². The van der Waals surface area contributed by atoms with Gasteiger partial charge in [-0.3, -0.25) is 4.79 Å². The fraction of sp³-hybridized carbons (Fsp3) is 0.833. The Morgan fingerprint density at radius 2 is 1.50 bits per heavy atom. The van der Waals surface area contributed by atoms with Gasteiger partial charge in [0.05, 0.1) is 0 Å². The van der Waals surface area contributed by atoms with Gasteiger partial charge >= 0.3 is 0 Å². The van der Waals surface area contributed by atoms with Crippen molar-refractivity contribution < 1.29 is 4.79 Å². The maximum atomic E-state index is 12.0. The lowest BCUT2D eigenvalue weighted by atomic mass is 10.0. The van der Waals surface area contributed by atoms with E-state index in [9.17, 15) is 4.79 Å². The summed E-state index contributed by atoms with van der Waals surface area (Å²) >= 11 is 0. The molecule has 1 rings (SSSR count). The van der Waals surface area contributed by atoms with Gasteiger partial charge in [-0.15, -0.1) is 0 Å². The van der Waals surface area contributed by atoms with E-state index in [-0.39, 0.29) is 11.8 Å². The van der Waals surface area contributed by atoms with Crippen LogP contribution in [0.4, 0.5) is 0 Å². The summed E-state index contributed by atoms with van der Waals surface area (Å²) in [5, 5.41) is 4.03. The number of rotatable bonds is 14. The van der Waals surface area contributed by atoms with E-state index in [4.69, 9.17) is 0 Å². The van der Waals surface area contributed by atoms with Gasteiger partial charge in [0.1, 0.15) is 18.7 Å². The van der Waals surface area contributed by atoms with Gasteiger partial charge in [0.15, 0.2) is 5.78 Å². The molecule has 0 aliphatic carbocycles.